The van der Waals surface area contributed by atoms with E-state index >= 15 is 8.78 Å². The number of aryl methyl sites for hydroxylation is 1. The predicted octanol–water partition coefficient (Wildman–Crippen LogP) is 8.53. The van der Waals surface area contributed by atoms with Gasteiger partial charge in [-0.1, -0.05) is 6.07 Å². The minimum atomic E-state index is -2.72. The van der Waals surface area contributed by atoms with Crippen LogP contribution in [-0.4, -0.2) is 122 Å². The Kier molecular flexibility index (Phi) is 14.3. The van der Waals surface area contributed by atoms with Crippen molar-refractivity contribution in [1.29, 1.82) is 0 Å². The Balaban J connectivity index is 0.729. The predicted molar refractivity (Wildman–Crippen MR) is 269 cm³/mol. The van der Waals surface area contributed by atoms with E-state index < -0.39 is 36.5 Å². The van der Waals surface area contributed by atoms with Crippen LogP contribution < -0.4 is 35.8 Å². The highest BCUT2D eigenvalue weighted by atomic mass is 79.9. The molecule has 4 aliphatic rings. The fraction of sp³-hybridized carbons (Fsp3) is 0.460. The average molecular weight is 1010 g/mol. The summed E-state index contributed by atoms with van der Waals surface area (Å²) in [4.78, 5) is 47.6. The summed E-state index contributed by atoms with van der Waals surface area (Å²) >= 11 is 3.60. The number of ether oxygens (including phenoxy) is 1. The maximum Gasteiger partial charge on any atom is 0.234 e. The molecule has 5 aromatic rings. The van der Waals surface area contributed by atoms with Gasteiger partial charge >= 0.3 is 0 Å². The number of rotatable bonds is 13. The van der Waals surface area contributed by atoms with Gasteiger partial charge < -0.3 is 34.6 Å². The first kappa shape index (κ1) is 47.8. The molecule has 4 saturated heterocycles. The van der Waals surface area contributed by atoms with E-state index in [1.165, 1.54) is 12.1 Å². The molecule has 18 heteroatoms. The molecule has 360 valence electrons. The summed E-state index contributed by atoms with van der Waals surface area (Å²) in [6, 6.07) is 17.2. The number of amides is 2. The fourth-order valence-electron chi connectivity index (χ4n) is 10.5. The second-order valence-electron chi connectivity index (χ2n) is 19.0. The van der Waals surface area contributed by atoms with Crippen LogP contribution in [-0.2, 0) is 14.2 Å². The largest absolute Gasteiger partial charge is 0.494 e. The van der Waals surface area contributed by atoms with Gasteiger partial charge in [-0.3, -0.25) is 24.8 Å². The van der Waals surface area contributed by atoms with E-state index in [1.54, 1.807) is 26.6 Å². The highest BCUT2D eigenvalue weighted by Gasteiger charge is 2.34. The van der Waals surface area contributed by atoms with Crippen LogP contribution in [0.5, 0.6) is 5.75 Å². The summed E-state index contributed by atoms with van der Waals surface area (Å²) < 4.78 is 50.6. The zero-order valence-corrected chi connectivity index (χ0v) is 41.6. The number of aromatic nitrogens is 3. The van der Waals surface area contributed by atoms with Crippen molar-refractivity contribution < 1.29 is 27.7 Å². The number of piperazine rings is 1. The van der Waals surface area contributed by atoms with Crippen molar-refractivity contribution >= 4 is 85.6 Å². The molecule has 0 bridgehead atoms. The van der Waals surface area contributed by atoms with Gasteiger partial charge in [0.2, 0.25) is 17.8 Å². The van der Waals surface area contributed by atoms with E-state index in [1.807, 2.05) is 42.2 Å². The first-order chi connectivity index (χ1) is 32.7. The van der Waals surface area contributed by atoms with Crippen LogP contribution in [0, 0.1) is 24.5 Å². The Morgan fingerprint density at radius 2 is 1.51 bits per heavy atom. The SMILES string of the molecule is COc1cc(N2CCC(N3CCN(CCC4CCN(c5cc(F)c(C6CCC(=O)NC6=O)c(F)c5)CC4)CC3)CC2)ccc1Nc1ncc(Br)c(Nc2ccc3nc(C)ccc3c2P(C)(C)=O)n1. The number of nitrogens with zero attached hydrogens (tertiary/aromatic N) is 7. The maximum absolute atomic E-state index is 15.2. The number of anilines is 6. The lowest BCUT2D eigenvalue weighted by molar-refractivity contribution is -0.134. The summed E-state index contributed by atoms with van der Waals surface area (Å²) in [5.41, 5.74) is 4.51. The third-order valence-electron chi connectivity index (χ3n) is 14.2. The third-order valence-corrected chi connectivity index (χ3v) is 16.3. The number of halogens is 3. The number of piperidine rings is 3. The molecule has 0 radical (unpaired) electrons. The van der Waals surface area contributed by atoms with Crippen molar-refractivity contribution in [3.8, 4) is 5.75 Å². The minimum absolute atomic E-state index is 0.0712. The van der Waals surface area contributed by atoms with Crippen molar-refractivity contribution in [3.63, 3.8) is 0 Å². The fourth-order valence-corrected chi connectivity index (χ4v) is 12.2. The standard InChI is InChI=1S/C50H60BrF2N10O4P/c1-31-5-7-36-41(55-31)10-11-43(47(36)68(3,4)66)56-48-38(51)30-54-50(59-48)57-42-9-6-34(29-44(42)67-2)61-21-16-33(17-22-61)63-25-23-60(24-26-63)18-13-32-14-19-62(20-15-32)35-27-39(52)46(40(53)28-35)37-8-12-45(64)58-49(37)65/h5-7,9-11,27-30,32-33,37H,8,12-26H2,1-4H3,(H,58,64,65)(H2,54,56,57,59). The number of pyridine rings is 1. The zero-order valence-electron chi connectivity index (χ0n) is 39.2. The van der Waals surface area contributed by atoms with Crippen LogP contribution in [0.2, 0.25) is 0 Å². The van der Waals surface area contributed by atoms with E-state index in [-0.39, 0.29) is 18.4 Å². The van der Waals surface area contributed by atoms with Crippen molar-refractivity contribution in [2.75, 3.05) is 99.8 Å². The highest BCUT2D eigenvalue weighted by molar-refractivity contribution is 9.10. The number of hydrogen-bond donors (Lipinski definition) is 3. The van der Waals surface area contributed by atoms with Gasteiger partial charge in [0.25, 0.3) is 0 Å². The van der Waals surface area contributed by atoms with Crippen LogP contribution in [0.25, 0.3) is 10.9 Å². The second-order valence-corrected chi connectivity index (χ2v) is 23.0. The lowest BCUT2D eigenvalue weighted by Gasteiger charge is -2.43. The topological polar surface area (TPSA) is 148 Å². The molecule has 0 spiro atoms. The molecule has 0 aliphatic carbocycles. The van der Waals surface area contributed by atoms with Gasteiger partial charge in [-0.2, -0.15) is 4.98 Å². The van der Waals surface area contributed by atoms with E-state index in [4.69, 9.17) is 9.72 Å². The van der Waals surface area contributed by atoms with E-state index in [0.29, 0.717) is 45.3 Å². The second kappa shape index (κ2) is 20.4. The van der Waals surface area contributed by atoms with Crippen LogP contribution in [0.4, 0.5) is 43.3 Å². The molecular formula is C50H60BrF2N10O4P. The molecule has 3 N–H and O–H groups in total. The number of nitrogens with one attached hydrogen (secondary N) is 3. The van der Waals surface area contributed by atoms with Crippen molar-refractivity contribution in [1.82, 2.24) is 30.1 Å². The number of benzene rings is 3. The van der Waals surface area contributed by atoms with Gasteiger partial charge in [-0.25, -0.2) is 13.8 Å². The van der Waals surface area contributed by atoms with Crippen LogP contribution in [0.3, 0.4) is 0 Å². The summed E-state index contributed by atoms with van der Waals surface area (Å²) in [6.07, 6.45) is 7.11. The van der Waals surface area contributed by atoms with E-state index in [9.17, 15) is 14.2 Å². The summed E-state index contributed by atoms with van der Waals surface area (Å²) in [6.45, 7) is 14.2. The van der Waals surface area contributed by atoms with Crippen molar-refractivity contribution in [2.24, 2.45) is 5.92 Å². The number of methoxy groups -OCH3 is 1. The molecule has 68 heavy (non-hydrogen) atoms. The van der Waals surface area contributed by atoms with Gasteiger partial charge in [-0.05, 0) is 130 Å². The number of carbonyl (C=O) groups is 2. The Morgan fingerprint density at radius 3 is 2.21 bits per heavy atom. The van der Waals surface area contributed by atoms with Crippen LogP contribution in [0.15, 0.2) is 65.3 Å². The number of carbonyl (C=O) groups excluding carboxylic acids is 2. The molecule has 2 amide bonds. The van der Waals surface area contributed by atoms with E-state index in [2.05, 4.69) is 68.7 Å². The molecule has 1 atom stereocenters. The van der Waals surface area contributed by atoms with Crippen molar-refractivity contribution in [2.45, 2.75) is 63.8 Å². The zero-order chi connectivity index (χ0) is 47.7. The molecule has 0 saturated carbocycles. The molecule has 1 unspecified atom stereocenters. The molecule has 2 aromatic heterocycles. The molecule has 6 heterocycles. The van der Waals surface area contributed by atoms with Crippen LogP contribution >= 0.6 is 23.1 Å². The number of fused-ring (bicyclic) bond motifs is 1. The minimum Gasteiger partial charge on any atom is -0.494 e. The van der Waals surface area contributed by atoms with Gasteiger partial charge in [0, 0.05) is 110 Å². The molecule has 3 aromatic carbocycles. The molecular weight excluding hydrogens is 953 g/mol. The molecule has 4 fully saturated rings. The quantitative estimate of drug-likeness (QED) is 0.0766. The lowest BCUT2D eigenvalue weighted by Crippen LogP contribution is -2.53. The first-order valence-electron chi connectivity index (χ1n) is 23.7. The summed E-state index contributed by atoms with van der Waals surface area (Å²) in [7, 11) is -1.06. The Morgan fingerprint density at radius 1 is 0.824 bits per heavy atom. The summed E-state index contributed by atoms with van der Waals surface area (Å²) in [5, 5.41) is 10.5. The number of imide groups is 1. The van der Waals surface area contributed by atoms with Gasteiger partial charge in [0.15, 0.2) is 0 Å². The normalized spacial score (nSPS) is 19.4. The third kappa shape index (κ3) is 10.7. The smallest absolute Gasteiger partial charge is 0.234 e. The molecule has 14 nitrogen and oxygen atoms in total. The molecule has 9 rings (SSSR count). The first-order valence-corrected chi connectivity index (χ1v) is 27.1. The van der Waals surface area contributed by atoms with Gasteiger partial charge in [-0.15, -0.1) is 0 Å². The van der Waals surface area contributed by atoms with Crippen LogP contribution in [0.1, 0.15) is 62.1 Å². The highest BCUT2D eigenvalue weighted by Crippen LogP contribution is 2.42. The van der Waals surface area contributed by atoms with Crippen molar-refractivity contribution in [3.05, 3.63) is 88.2 Å². The Hall–Kier alpha value is -5.22. The van der Waals surface area contributed by atoms with E-state index in [0.717, 1.165) is 124 Å². The lowest BCUT2D eigenvalue weighted by atomic mass is 9.89. The Bertz CT molecular complexity index is 2710. The summed E-state index contributed by atoms with van der Waals surface area (Å²) in [5.74, 6) is -1.33. The maximum atomic E-state index is 15.2. The Labute approximate surface area is 405 Å². The average Bonchev–Trinajstić information content (AvgIpc) is 3.32. The monoisotopic (exact) mass is 1010 g/mol. The number of hydrogen-bond acceptors (Lipinski definition) is 13. The molecule has 4 aliphatic heterocycles. The van der Waals surface area contributed by atoms with Gasteiger partial charge in [0.1, 0.15) is 30.3 Å². The van der Waals surface area contributed by atoms with Gasteiger partial charge in [0.05, 0.1) is 34.4 Å².